The van der Waals surface area contributed by atoms with Crippen molar-refractivity contribution in [1.82, 2.24) is 20.8 Å². The highest BCUT2D eigenvalue weighted by Gasteiger charge is 2.19. The van der Waals surface area contributed by atoms with Crippen molar-refractivity contribution in [2.24, 2.45) is 0 Å². The Bertz CT molecular complexity index is 1090. The molecule has 0 spiro atoms. The first-order valence-corrected chi connectivity index (χ1v) is 8.28. The lowest BCUT2D eigenvalue weighted by Crippen LogP contribution is -2.42. The number of para-hydroxylation sites is 2. The van der Waals surface area contributed by atoms with Crippen LogP contribution in [0.5, 0.6) is 0 Å². The maximum atomic E-state index is 12.3. The van der Waals surface area contributed by atoms with Gasteiger partial charge in [0.05, 0.1) is 35.1 Å². The first-order chi connectivity index (χ1) is 13.9. The normalized spacial score (nSPS) is 10.4. The minimum absolute atomic E-state index is 0.128. The Morgan fingerprint density at radius 2 is 1.86 bits per heavy atom. The van der Waals surface area contributed by atoms with Gasteiger partial charge < -0.3 is 9.72 Å². The number of esters is 1. The summed E-state index contributed by atoms with van der Waals surface area (Å²) in [6, 6.07) is 10.3. The Morgan fingerprint density at radius 3 is 2.55 bits per heavy atom. The van der Waals surface area contributed by atoms with Crippen LogP contribution in [0, 0.1) is 10.1 Å². The van der Waals surface area contributed by atoms with E-state index >= 15 is 0 Å². The van der Waals surface area contributed by atoms with Gasteiger partial charge in [0.25, 0.3) is 11.6 Å². The fraction of sp³-hybridized carbons (Fsp3) is 0.111. The lowest BCUT2D eigenvalue weighted by atomic mass is 10.1. The molecule has 1 heterocycles. The van der Waals surface area contributed by atoms with Gasteiger partial charge in [-0.05, 0) is 18.2 Å². The number of rotatable bonds is 5. The zero-order valence-corrected chi connectivity index (χ0v) is 15.1. The second-order valence-electron chi connectivity index (χ2n) is 5.90. The molecular formula is C18H15N5O6. The molecule has 0 unspecified atom stereocenters. The van der Waals surface area contributed by atoms with Crippen molar-refractivity contribution >= 4 is 34.5 Å². The molecule has 0 aliphatic heterocycles. The average Bonchev–Trinajstić information content (AvgIpc) is 3.13. The van der Waals surface area contributed by atoms with E-state index in [1.807, 2.05) is 18.2 Å². The van der Waals surface area contributed by atoms with Crippen LogP contribution >= 0.6 is 0 Å². The van der Waals surface area contributed by atoms with E-state index in [1.165, 1.54) is 0 Å². The summed E-state index contributed by atoms with van der Waals surface area (Å²) in [5, 5.41) is 11.0. The second-order valence-corrected chi connectivity index (χ2v) is 5.90. The molecule has 11 heteroatoms. The number of aromatic amines is 1. The van der Waals surface area contributed by atoms with Gasteiger partial charge >= 0.3 is 5.97 Å². The van der Waals surface area contributed by atoms with Gasteiger partial charge in [-0.2, -0.15) is 0 Å². The first-order valence-electron chi connectivity index (χ1n) is 8.28. The number of hydrogen-bond acceptors (Lipinski definition) is 7. The number of methoxy groups -OCH3 is 1. The molecular weight excluding hydrogens is 382 g/mol. The number of carbonyl (C=O) groups is 3. The molecule has 0 saturated heterocycles. The molecule has 1 aromatic heterocycles. The fourth-order valence-electron chi connectivity index (χ4n) is 2.57. The van der Waals surface area contributed by atoms with Gasteiger partial charge in [-0.25, -0.2) is 9.78 Å². The molecule has 0 aliphatic rings. The summed E-state index contributed by atoms with van der Waals surface area (Å²) in [5.74, 6) is -1.83. The lowest BCUT2D eigenvalue weighted by Gasteiger charge is -2.08. The molecule has 0 saturated carbocycles. The van der Waals surface area contributed by atoms with E-state index in [-0.39, 0.29) is 17.5 Å². The second kappa shape index (κ2) is 8.17. The zero-order valence-electron chi connectivity index (χ0n) is 15.1. The predicted molar refractivity (Wildman–Crippen MR) is 99.8 cm³/mol. The Hall–Kier alpha value is -4.28. The number of amides is 2. The smallest absolute Gasteiger partial charge is 0.338 e. The molecule has 3 N–H and O–H groups in total. The van der Waals surface area contributed by atoms with Crippen molar-refractivity contribution in [3.63, 3.8) is 0 Å². The molecule has 0 aliphatic carbocycles. The molecule has 0 bridgehead atoms. The molecule has 29 heavy (non-hydrogen) atoms. The SMILES string of the molecule is COC(=O)c1cc(C(=O)NNC(=O)Cc2nc3ccccc3[nH]2)cc([N+](=O)[O-])c1. The van der Waals surface area contributed by atoms with Crippen molar-refractivity contribution in [1.29, 1.82) is 0 Å². The average molecular weight is 397 g/mol. The Labute approximate surface area is 163 Å². The molecule has 3 rings (SSSR count). The summed E-state index contributed by atoms with van der Waals surface area (Å²) < 4.78 is 4.52. The molecule has 0 radical (unpaired) electrons. The Morgan fingerprint density at radius 1 is 1.14 bits per heavy atom. The number of imidazole rings is 1. The van der Waals surface area contributed by atoms with E-state index in [1.54, 1.807) is 6.07 Å². The van der Waals surface area contributed by atoms with Crippen molar-refractivity contribution in [2.75, 3.05) is 7.11 Å². The monoisotopic (exact) mass is 397 g/mol. The molecule has 2 aromatic carbocycles. The topological polar surface area (TPSA) is 156 Å². The molecule has 3 aromatic rings. The first kappa shape index (κ1) is 19.5. The number of hydrazine groups is 1. The van der Waals surface area contributed by atoms with E-state index in [9.17, 15) is 24.5 Å². The number of benzene rings is 2. The van der Waals surface area contributed by atoms with E-state index in [4.69, 9.17) is 0 Å². The number of non-ortho nitro benzene ring substituents is 1. The third-order valence-corrected chi connectivity index (χ3v) is 3.89. The van der Waals surface area contributed by atoms with Crippen molar-refractivity contribution in [3.05, 3.63) is 69.5 Å². The largest absolute Gasteiger partial charge is 0.465 e. The highest BCUT2D eigenvalue weighted by atomic mass is 16.6. The van der Waals surface area contributed by atoms with Crippen LogP contribution in [0.1, 0.15) is 26.5 Å². The summed E-state index contributed by atoms with van der Waals surface area (Å²) in [7, 11) is 1.11. The predicted octanol–water partition coefficient (Wildman–Crippen LogP) is 1.26. The van der Waals surface area contributed by atoms with Gasteiger partial charge in [0.1, 0.15) is 5.82 Å². The van der Waals surface area contributed by atoms with Crippen LogP contribution in [-0.4, -0.2) is 39.8 Å². The van der Waals surface area contributed by atoms with Crippen LogP contribution in [0.15, 0.2) is 42.5 Å². The van der Waals surface area contributed by atoms with E-state index in [0.29, 0.717) is 11.3 Å². The zero-order chi connectivity index (χ0) is 21.0. The van der Waals surface area contributed by atoms with Gasteiger partial charge in [0.15, 0.2) is 0 Å². The standard InChI is InChI=1S/C18H15N5O6/c1-29-18(26)11-6-10(7-12(8-11)23(27)28)17(25)22-21-16(24)9-15-19-13-4-2-3-5-14(13)20-15/h2-8H,9H2,1H3,(H,19,20)(H,21,24)(H,22,25). The summed E-state index contributed by atoms with van der Waals surface area (Å²) in [4.78, 5) is 53.5. The van der Waals surface area contributed by atoms with Gasteiger partial charge in [-0.1, -0.05) is 12.1 Å². The van der Waals surface area contributed by atoms with E-state index in [2.05, 4.69) is 25.6 Å². The number of nitro benzene ring substituents is 1. The third kappa shape index (κ3) is 4.53. The summed E-state index contributed by atoms with van der Waals surface area (Å²) >= 11 is 0. The molecule has 0 fully saturated rings. The van der Waals surface area contributed by atoms with Crippen molar-refractivity contribution in [2.45, 2.75) is 6.42 Å². The quantitative estimate of drug-likeness (QED) is 0.332. The van der Waals surface area contributed by atoms with Gasteiger partial charge in [-0.15, -0.1) is 0 Å². The van der Waals surface area contributed by atoms with Gasteiger partial charge in [0.2, 0.25) is 5.91 Å². The minimum atomic E-state index is -0.836. The lowest BCUT2D eigenvalue weighted by molar-refractivity contribution is -0.384. The summed E-state index contributed by atoms with van der Waals surface area (Å²) in [6.45, 7) is 0. The van der Waals surface area contributed by atoms with Crippen molar-refractivity contribution in [3.8, 4) is 0 Å². The highest BCUT2D eigenvalue weighted by molar-refractivity contribution is 5.99. The van der Waals surface area contributed by atoms with Crippen LogP contribution in [0.3, 0.4) is 0 Å². The van der Waals surface area contributed by atoms with E-state index < -0.39 is 28.4 Å². The van der Waals surface area contributed by atoms with Crippen molar-refractivity contribution < 1.29 is 24.0 Å². The van der Waals surface area contributed by atoms with Crippen LogP contribution in [0.25, 0.3) is 11.0 Å². The summed E-state index contributed by atoms with van der Waals surface area (Å²) in [5.41, 5.74) is 5.00. The Balaban J connectivity index is 1.67. The number of fused-ring (bicyclic) bond motifs is 1. The Kier molecular flexibility index (Phi) is 5.49. The fourth-order valence-corrected chi connectivity index (χ4v) is 2.57. The summed E-state index contributed by atoms with van der Waals surface area (Å²) in [6.07, 6.45) is -0.128. The van der Waals surface area contributed by atoms with Gasteiger partial charge in [0, 0.05) is 17.7 Å². The van der Waals surface area contributed by atoms with Crippen LogP contribution in [-0.2, 0) is 16.0 Å². The van der Waals surface area contributed by atoms with Gasteiger partial charge in [-0.3, -0.25) is 30.6 Å². The maximum Gasteiger partial charge on any atom is 0.338 e. The number of carbonyl (C=O) groups excluding carboxylic acids is 3. The number of H-pyrrole nitrogens is 1. The third-order valence-electron chi connectivity index (χ3n) is 3.89. The molecule has 148 valence electrons. The molecule has 0 atom stereocenters. The molecule has 2 amide bonds. The number of nitrogens with one attached hydrogen (secondary N) is 3. The van der Waals surface area contributed by atoms with Crippen LogP contribution in [0.2, 0.25) is 0 Å². The van der Waals surface area contributed by atoms with E-state index in [0.717, 1.165) is 30.8 Å². The molecule has 11 nitrogen and oxygen atoms in total. The number of aromatic nitrogens is 2. The van der Waals surface area contributed by atoms with Crippen LogP contribution < -0.4 is 10.9 Å². The highest BCUT2D eigenvalue weighted by Crippen LogP contribution is 2.18. The number of nitro groups is 1. The maximum absolute atomic E-state index is 12.3. The minimum Gasteiger partial charge on any atom is -0.465 e. The van der Waals surface area contributed by atoms with Crippen LogP contribution in [0.4, 0.5) is 5.69 Å². The number of ether oxygens (including phenoxy) is 1. The number of nitrogens with zero attached hydrogens (tertiary/aromatic N) is 2. The number of hydrogen-bond donors (Lipinski definition) is 3.